The van der Waals surface area contributed by atoms with E-state index in [2.05, 4.69) is 10.6 Å². The number of hydrogen-bond acceptors (Lipinski definition) is 4. The molecule has 1 aromatic heterocycles. The largest absolute Gasteiger partial charge is 0.326 e. The van der Waals surface area contributed by atoms with Crippen LogP contribution in [0.1, 0.15) is 12.8 Å². The molecule has 0 spiro atoms. The van der Waals surface area contributed by atoms with Gasteiger partial charge in [0.25, 0.3) is 5.56 Å². The number of carbonyl (C=O) groups is 2. The smallest absolute Gasteiger partial charge is 0.255 e. The van der Waals surface area contributed by atoms with Crippen molar-refractivity contribution in [3.63, 3.8) is 0 Å². The van der Waals surface area contributed by atoms with E-state index in [1.807, 2.05) is 19.0 Å². The number of hydrogen-bond donors (Lipinski definition) is 2. The first-order valence-corrected chi connectivity index (χ1v) is 11.6. The second-order valence-corrected chi connectivity index (χ2v) is 9.30. The molecule has 7 nitrogen and oxygen atoms in total. The van der Waals surface area contributed by atoms with Crippen molar-refractivity contribution in [2.75, 3.05) is 24.7 Å². The number of carbonyl (C=O) groups excluding carboxylic acids is 2. The highest BCUT2D eigenvalue weighted by Crippen LogP contribution is 2.36. The molecule has 182 valence electrons. The van der Waals surface area contributed by atoms with E-state index in [4.69, 9.17) is 11.6 Å². The van der Waals surface area contributed by atoms with Crippen molar-refractivity contribution in [2.45, 2.75) is 18.9 Å². The average molecular weight is 497 g/mol. The van der Waals surface area contributed by atoms with Crippen LogP contribution in [0.5, 0.6) is 0 Å². The van der Waals surface area contributed by atoms with Crippen molar-refractivity contribution in [2.24, 2.45) is 11.8 Å². The van der Waals surface area contributed by atoms with Crippen molar-refractivity contribution >= 4 is 34.8 Å². The maximum absolute atomic E-state index is 14.9. The van der Waals surface area contributed by atoms with Gasteiger partial charge in [0.1, 0.15) is 5.82 Å². The molecule has 1 heterocycles. The summed E-state index contributed by atoms with van der Waals surface area (Å²) in [6, 6.07) is 15.6. The van der Waals surface area contributed by atoms with E-state index in [-0.39, 0.29) is 23.2 Å². The lowest BCUT2D eigenvalue weighted by Crippen LogP contribution is -2.33. The molecule has 1 aliphatic carbocycles. The Kier molecular flexibility index (Phi) is 7.33. The third-order valence-electron chi connectivity index (χ3n) is 6.36. The molecule has 4 rings (SSSR count). The van der Waals surface area contributed by atoms with Gasteiger partial charge < -0.3 is 15.5 Å². The Labute approximate surface area is 207 Å². The topological polar surface area (TPSA) is 83.4 Å². The number of aromatic nitrogens is 1. The zero-order valence-electron chi connectivity index (χ0n) is 19.4. The number of pyridine rings is 1. The minimum atomic E-state index is -0.670. The van der Waals surface area contributed by atoms with Gasteiger partial charge in [0.05, 0.1) is 23.2 Å². The summed E-state index contributed by atoms with van der Waals surface area (Å²) in [4.78, 5) is 40.3. The van der Waals surface area contributed by atoms with Gasteiger partial charge in [0, 0.05) is 35.1 Å². The van der Waals surface area contributed by atoms with Crippen LogP contribution < -0.4 is 16.2 Å². The molecule has 0 radical (unpaired) electrons. The highest BCUT2D eigenvalue weighted by Gasteiger charge is 2.43. The van der Waals surface area contributed by atoms with Crippen LogP contribution in [0.2, 0.25) is 5.02 Å². The molecule has 2 aromatic carbocycles. The lowest BCUT2D eigenvalue weighted by Gasteiger charge is -2.19. The predicted octanol–water partition coefficient (Wildman–Crippen LogP) is 4.16. The van der Waals surface area contributed by atoms with Crippen LogP contribution in [-0.4, -0.2) is 41.4 Å². The summed E-state index contributed by atoms with van der Waals surface area (Å²) in [5.41, 5.74) is 0.635. The van der Waals surface area contributed by atoms with E-state index in [0.29, 0.717) is 29.2 Å². The van der Waals surface area contributed by atoms with E-state index < -0.39 is 23.6 Å². The first-order valence-electron chi connectivity index (χ1n) is 11.2. The maximum Gasteiger partial charge on any atom is 0.255 e. The van der Waals surface area contributed by atoms with E-state index in [1.54, 1.807) is 48.7 Å². The monoisotopic (exact) mass is 496 g/mol. The Morgan fingerprint density at radius 1 is 0.971 bits per heavy atom. The van der Waals surface area contributed by atoms with Gasteiger partial charge in [0.15, 0.2) is 0 Å². The van der Waals surface area contributed by atoms with Crippen LogP contribution in [-0.2, 0) is 9.59 Å². The first kappa shape index (κ1) is 24.6. The van der Waals surface area contributed by atoms with Gasteiger partial charge in [0.2, 0.25) is 11.8 Å². The number of rotatable bonds is 6. The predicted molar refractivity (Wildman–Crippen MR) is 134 cm³/mol. The molecule has 0 bridgehead atoms. The molecule has 1 aliphatic rings. The fourth-order valence-electron chi connectivity index (χ4n) is 4.40. The van der Waals surface area contributed by atoms with Crippen molar-refractivity contribution < 1.29 is 14.0 Å². The molecule has 3 unspecified atom stereocenters. The Bertz CT molecular complexity index is 1290. The molecule has 2 N–H and O–H groups in total. The molecule has 3 aromatic rings. The number of anilines is 2. The molecular formula is C26H26ClFN4O3. The Hall–Kier alpha value is -3.49. The van der Waals surface area contributed by atoms with Crippen LogP contribution in [0.3, 0.4) is 0 Å². The van der Waals surface area contributed by atoms with Crippen molar-refractivity contribution in [1.29, 1.82) is 0 Å². The highest BCUT2D eigenvalue weighted by atomic mass is 35.5. The van der Waals surface area contributed by atoms with Gasteiger partial charge in [-0.2, -0.15) is 0 Å². The first-order chi connectivity index (χ1) is 16.7. The maximum atomic E-state index is 14.9. The quantitative estimate of drug-likeness (QED) is 0.536. The third-order valence-corrected chi connectivity index (χ3v) is 6.62. The Morgan fingerprint density at radius 3 is 2.23 bits per heavy atom. The molecular weight excluding hydrogens is 471 g/mol. The van der Waals surface area contributed by atoms with Crippen LogP contribution >= 0.6 is 11.6 Å². The molecule has 35 heavy (non-hydrogen) atoms. The minimum absolute atomic E-state index is 0.00658. The highest BCUT2D eigenvalue weighted by molar-refractivity contribution is 6.30. The van der Waals surface area contributed by atoms with Crippen LogP contribution in [0.15, 0.2) is 71.7 Å². The van der Waals surface area contributed by atoms with E-state index in [9.17, 15) is 18.8 Å². The van der Waals surface area contributed by atoms with Gasteiger partial charge in [-0.15, -0.1) is 0 Å². The minimum Gasteiger partial charge on any atom is -0.326 e. The van der Waals surface area contributed by atoms with E-state index in [1.165, 1.54) is 22.8 Å². The number of benzene rings is 2. The van der Waals surface area contributed by atoms with E-state index >= 15 is 0 Å². The summed E-state index contributed by atoms with van der Waals surface area (Å²) < 4.78 is 16.2. The second kappa shape index (κ2) is 10.4. The summed E-state index contributed by atoms with van der Waals surface area (Å²) >= 11 is 5.92. The molecule has 1 saturated carbocycles. The van der Waals surface area contributed by atoms with E-state index in [0.717, 1.165) is 0 Å². The Morgan fingerprint density at radius 2 is 1.63 bits per heavy atom. The lowest BCUT2D eigenvalue weighted by molar-refractivity contribution is -0.128. The number of amides is 2. The van der Waals surface area contributed by atoms with Crippen LogP contribution in [0, 0.1) is 17.7 Å². The zero-order chi connectivity index (χ0) is 25.1. The fourth-order valence-corrected chi connectivity index (χ4v) is 4.53. The van der Waals surface area contributed by atoms with Gasteiger partial charge in [-0.3, -0.25) is 19.0 Å². The van der Waals surface area contributed by atoms with Crippen molar-refractivity contribution in [3.8, 4) is 5.69 Å². The molecule has 0 aliphatic heterocycles. The molecule has 1 fully saturated rings. The summed E-state index contributed by atoms with van der Waals surface area (Å²) in [5, 5.41) is 6.06. The van der Waals surface area contributed by atoms with Crippen molar-refractivity contribution in [1.82, 2.24) is 9.47 Å². The number of nitrogens with one attached hydrogen (secondary N) is 2. The SMILES string of the molecule is CN(C)C1CC(C(=O)Nc2ccc(Cl)cc2)C(C(=O)Nc2ccc(-n3ccccc3=O)cc2F)C1. The normalized spacial score (nSPS) is 19.5. The fraction of sp³-hybridized carbons (Fsp3) is 0.269. The third kappa shape index (κ3) is 5.61. The Balaban J connectivity index is 1.52. The van der Waals surface area contributed by atoms with Crippen molar-refractivity contribution in [3.05, 3.63) is 88.1 Å². The zero-order valence-corrected chi connectivity index (χ0v) is 20.1. The molecule has 0 saturated heterocycles. The molecule has 2 amide bonds. The number of nitrogens with zero attached hydrogens (tertiary/aromatic N) is 2. The molecule has 9 heteroatoms. The van der Waals surface area contributed by atoms with Gasteiger partial charge >= 0.3 is 0 Å². The van der Waals surface area contributed by atoms with Crippen LogP contribution in [0.25, 0.3) is 5.69 Å². The van der Waals surface area contributed by atoms with Gasteiger partial charge in [-0.1, -0.05) is 17.7 Å². The van der Waals surface area contributed by atoms with Gasteiger partial charge in [-0.25, -0.2) is 4.39 Å². The summed E-state index contributed by atoms with van der Waals surface area (Å²) in [7, 11) is 3.81. The lowest BCUT2D eigenvalue weighted by atomic mass is 9.94. The summed E-state index contributed by atoms with van der Waals surface area (Å²) in [6.07, 6.45) is 2.51. The van der Waals surface area contributed by atoms with Gasteiger partial charge in [-0.05, 0) is 69.4 Å². The standard InChI is InChI=1S/C26H26ClFN4O3/c1-31(2)19-13-20(25(34)29-17-8-6-16(27)7-9-17)21(14-19)26(35)30-23-11-10-18(15-22(23)28)32-12-4-3-5-24(32)33/h3-12,15,19-21H,13-14H2,1-2H3,(H,29,34)(H,30,35). The number of halogens is 2. The summed E-state index contributed by atoms with van der Waals surface area (Å²) in [5.74, 6) is -2.57. The second-order valence-electron chi connectivity index (χ2n) is 8.86. The molecule has 3 atom stereocenters. The average Bonchev–Trinajstić information content (AvgIpc) is 3.29. The summed E-state index contributed by atoms with van der Waals surface area (Å²) in [6.45, 7) is 0. The van der Waals surface area contributed by atoms with Crippen LogP contribution in [0.4, 0.5) is 15.8 Å².